The summed E-state index contributed by atoms with van der Waals surface area (Å²) >= 11 is 0. The molecular formula is C53H48P2Ru. The summed E-state index contributed by atoms with van der Waals surface area (Å²) in [6.45, 7) is 5.62. The van der Waals surface area contributed by atoms with Crippen LogP contribution in [0.5, 0.6) is 0 Å². The number of rotatable bonds is 9. The molecule has 56 heavy (non-hydrogen) atoms. The summed E-state index contributed by atoms with van der Waals surface area (Å²) in [4.78, 5) is 0. The summed E-state index contributed by atoms with van der Waals surface area (Å²) in [5.41, 5.74) is 1.36. The van der Waals surface area contributed by atoms with Gasteiger partial charge < -0.3 is 6.58 Å². The first-order valence-corrected chi connectivity index (χ1v) is 21.7. The van der Waals surface area contributed by atoms with E-state index in [-0.39, 0.29) is 19.5 Å². The molecule has 3 heteroatoms. The second kappa shape index (κ2) is 23.9. The van der Waals surface area contributed by atoms with Gasteiger partial charge in [-0.25, -0.2) is 12.1 Å². The topological polar surface area (TPSA) is 0 Å². The Labute approximate surface area is 350 Å². The van der Waals surface area contributed by atoms with Gasteiger partial charge >= 0.3 is 19.5 Å². The van der Waals surface area contributed by atoms with Crippen molar-refractivity contribution in [2.24, 2.45) is 5.92 Å². The zero-order valence-corrected chi connectivity index (χ0v) is 35.1. The Morgan fingerprint density at radius 2 is 0.643 bits per heavy atom. The second-order valence-electron chi connectivity index (χ2n) is 13.1. The molecule has 278 valence electrons. The summed E-state index contributed by atoms with van der Waals surface area (Å²) in [5.74, 6) is 1.31. The second-order valence-corrected chi connectivity index (χ2v) is 17.6. The van der Waals surface area contributed by atoms with Gasteiger partial charge in [-0.1, -0.05) is 212 Å². The van der Waals surface area contributed by atoms with Gasteiger partial charge in [0.15, 0.2) is 0 Å². The Kier molecular flexibility index (Phi) is 18.0. The number of hydrogen-bond acceptors (Lipinski definition) is 0. The molecule has 1 aliphatic carbocycles. The minimum atomic E-state index is -0.446. The Bertz CT molecular complexity index is 1830. The van der Waals surface area contributed by atoms with E-state index < -0.39 is 15.8 Å². The molecule has 0 nitrogen and oxygen atoms in total. The normalized spacial score (nSPS) is 11.9. The van der Waals surface area contributed by atoms with E-state index in [0.29, 0.717) is 5.92 Å². The predicted octanol–water partition coefficient (Wildman–Crippen LogP) is 11.5. The monoisotopic (exact) mass is 848 g/mol. The van der Waals surface area contributed by atoms with Crippen LogP contribution in [0.1, 0.15) is 24.3 Å². The number of allylic oxidation sites excluding steroid dienone is 1. The first-order chi connectivity index (χ1) is 27.3. The summed E-state index contributed by atoms with van der Waals surface area (Å²) in [6, 6.07) is 85.2. The average Bonchev–Trinajstić information content (AvgIpc) is 3.91. The Balaban J connectivity index is 0.000000153. The van der Waals surface area contributed by atoms with Crippen molar-refractivity contribution in [2.45, 2.75) is 18.8 Å². The van der Waals surface area contributed by atoms with Crippen molar-refractivity contribution in [3.05, 3.63) is 261 Å². The summed E-state index contributed by atoms with van der Waals surface area (Å²) in [7, 11) is -0.892. The van der Waals surface area contributed by atoms with Crippen LogP contribution in [0.2, 0.25) is 0 Å². The third kappa shape index (κ3) is 13.1. The molecule has 8 aromatic carbocycles. The van der Waals surface area contributed by atoms with Gasteiger partial charge in [0.25, 0.3) is 0 Å². The van der Waals surface area contributed by atoms with Gasteiger partial charge in [0, 0.05) is 0 Å². The molecular weight excluding hydrogens is 800 g/mol. The molecule has 0 radical (unpaired) electrons. The van der Waals surface area contributed by atoms with Crippen LogP contribution >= 0.6 is 15.8 Å². The smallest absolute Gasteiger partial charge is 0.517 e. The summed E-state index contributed by atoms with van der Waals surface area (Å²) in [5, 5.41) is 8.39. The van der Waals surface area contributed by atoms with Crippen LogP contribution in [0, 0.1) is 12.5 Å². The molecule has 0 aliphatic heterocycles. The summed E-state index contributed by atoms with van der Waals surface area (Å²) < 4.78 is 0. The minimum absolute atomic E-state index is 0. The molecule has 1 saturated carbocycles. The van der Waals surface area contributed by atoms with E-state index in [1.807, 2.05) is 42.5 Å². The first kappa shape index (κ1) is 42.3. The van der Waals surface area contributed by atoms with Gasteiger partial charge in [0.1, 0.15) is 0 Å². The molecule has 0 aromatic heterocycles. The molecule has 0 spiro atoms. The van der Waals surface area contributed by atoms with Crippen molar-refractivity contribution >= 4 is 47.7 Å². The zero-order chi connectivity index (χ0) is 37.8. The maximum absolute atomic E-state index is 5.62. The van der Waals surface area contributed by atoms with Crippen molar-refractivity contribution in [3.63, 3.8) is 0 Å². The molecule has 1 unspecified atom stereocenters. The molecule has 0 bridgehead atoms. The third-order valence-corrected chi connectivity index (χ3v) is 14.1. The molecule has 1 aliphatic rings. The summed E-state index contributed by atoms with van der Waals surface area (Å²) in [6.07, 6.45) is 4.52. The third-order valence-electron chi connectivity index (χ3n) is 9.16. The van der Waals surface area contributed by atoms with Crippen molar-refractivity contribution in [1.29, 1.82) is 0 Å². The number of hydrogen-bond donors (Lipinski definition) is 0. The van der Waals surface area contributed by atoms with E-state index in [0.717, 1.165) is 5.92 Å². The molecule has 0 saturated heterocycles. The molecule has 1 fully saturated rings. The van der Waals surface area contributed by atoms with E-state index >= 15 is 0 Å². The largest absolute Gasteiger partial charge is 2.00 e. The van der Waals surface area contributed by atoms with Crippen molar-refractivity contribution in [1.82, 2.24) is 0 Å². The van der Waals surface area contributed by atoms with Crippen LogP contribution in [0.3, 0.4) is 0 Å². The maximum Gasteiger partial charge on any atom is 2.00 e. The van der Waals surface area contributed by atoms with Crippen LogP contribution in [-0.2, 0) is 19.5 Å². The molecule has 0 N–H and O–H groups in total. The SMILES string of the molecule is [CH-]=CC(c1ccccc1)C1CC1.[Ru+2].c1cc[cH-]c1.c1ccc(P(c2ccccc2)c2ccccc2)cc1.c1ccc(P(c2ccccc2)c2ccccc2)cc1. The van der Waals surface area contributed by atoms with Gasteiger partial charge in [-0.15, -0.1) is 0 Å². The first-order valence-electron chi connectivity index (χ1n) is 19.0. The van der Waals surface area contributed by atoms with Crippen molar-refractivity contribution < 1.29 is 19.5 Å². The van der Waals surface area contributed by atoms with Gasteiger partial charge in [-0.05, 0) is 77.9 Å². The average molecular weight is 848 g/mol. The van der Waals surface area contributed by atoms with Crippen molar-refractivity contribution in [3.8, 4) is 0 Å². The Morgan fingerprint density at radius 1 is 0.393 bits per heavy atom. The van der Waals surface area contributed by atoms with Crippen molar-refractivity contribution in [2.75, 3.05) is 0 Å². The van der Waals surface area contributed by atoms with E-state index in [1.54, 1.807) is 0 Å². The maximum atomic E-state index is 5.62. The molecule has 0 heterocycles. The van der Waals surface area contributed by atoms with Crippen LogP contribution in [0.4, 0.5) is 0 Å². The van der Waals surface area contributed by atoms with E-state index in [9.17, 15) is 0 Å². The zero-order valence-electron chi connectivity index (χ0n) is 31.6. The molecule has 8 aromatic rings. The van der Waals surface area contributed by atoms with Crippen LogP contribution < -0.4 is 31.8 Å². The Hall–Kier alpha value is -4.89. The Morgan fingerprint density at radius 3 is 0.839 bits per heavy atom. The van der Waals surface area contributed by atoms with E-state index in [2.05, 4.69) is 206 Å². The van der Waals surface area contributed by atoms with Gasteiger partial charge in [-0.2, -0.15) is 18.2 Å². The van der Waals surface area contributed by atoms with E-state index in [4.69, 9.17) is 6.58 Å². The molecule has 1 atom stereocenters. The minimum Gasteiger partial charge on any atom is -0.517 e. The van der Waals surface area contributed by atoms with Crippen LogP contribution in [-0.4, -0.2) is 0 Å². The van der Waals surface area contributed by atoms with Gasteiger partial charge in [0.05, 0.1) is 0 Å². The van der Waals surface area contributed by atoms with Gasteiger partial charge in [-0.3, -0.25) is 6.08 Å². The van der Waals surface area contributed by atoms with E-state index in [1.165, 1.54) is 50.2 Å². The number of benzene rings is 7. The van der Waals surface area contributed by atoms with Crippen LogP contribution in [0.15, 0.2) is 249 Å². The fourth-order valence-electron chi connectivity index (χ4n) is 6.35. The fraction of sp³-hybridized carbons (Fsp3) is 0.0755. The quantitative estimate of drug-likeness (QED) is 0.0771. The van der Waals surface area contributed by atoms with Crippen LogP contribution in [0.25, 0.3) is 0 Å². The predicted molar refractivity (Wildman–Crippen MR) is 243 cm³/mol. The van der Waals surface area contributed by atoms with Gasteiger partial charge in [0.2, 0.25) is 0 Å². The standard InChI is InChI=1S/2C18H15P.C12H13.C5H5.Ru/c2*1-4-10-16(11-5-1)19(17-12-6-2-7-13-17)18-14-8-3-9-15-18;1-2-12(11-8-9-11)10-6-4-3-5-7-10;1-2-4-5-3-1;/h2*1-15H;1-7,11-12H,8-9H2;1-5H;/q;;2*-1;+2. The fourth-order valence-corrected chi connectivity index (χ4v) is 11.0. The molecule has 0 amide bonds. The molecule has 9 rings (SSSR count).